The second-order valence-electron chi connectivity index (χ2n) is 6.03. The smallest absolute Gasteiger partial charge is 0.243 e. The van der Waals surface area contributed by atoms with Crippen LogP contribution < -0.4 is 5.32 Å². The fraction of sp³-hybridized carbons (Fsp3) is 0.278. The van der Waals surface area contributed by atoms with Gasteiger partial charge in [-0.05, 0) is 42.7 Å². The number of hydrogen-bond acceptors (Lipinski definition) is 3. The van der Waals surface area contributed by atoms with Crippen molar-refractivity contribution in [1.82, 2.24) is 4.31 Å². The monoisotopic (exact) mass is 344 g/mol. The molecule has 126 valence electrons. The molecule has 2 aromatic rings. The van der Waals surface area contributed by atoms with Crippen LogP contribution in [0.2, 0.25) is 0 Å². The summed E-state index contributed by atoms with van der Waals surface area (Å²) in [4.78, 5) is 11.9. The highest BCUT2D eigenvalue weighted by molar-refractivity contribution is 7.89. The van der Waals surface area contributed by atoms with Gasteiger partial charge in [-0.25, -0.2) is 8.42 Å². The highest BCUT2D eigenvalue weighted by Gasteiger charge is 2.29. The molecule has 0 heterocycles. The van der Waals surface area contributed by atoms with Crippen molar-refractivity contribution in [3.05, 3.63) is 60.2 Å². The zero-order valence-electron chi connectivity index (χ0n) is 13.5. The molecule has 2 aromatic carbocycles. The fourth-order valence-electron chi connectivity index (χ4n) is 2.41. The Hall–Kier alpha value is -2.18. The van der Waals surface area contributed by atoms with Gasteiger partial charge in [0.1, 0.15) is 0 Å². The minimum Gasteiger partial charge on any atom is -0.326 e. The van der Waals surface area contributed by atoms with Gasteiger partial charge in [-0.3, -0.25) is 4.79 Å². The highest BCUT2D eigenvalue weighted by atomic mass is 32.2. The van der Waals surface area contributed by atoms with Crippen molar-refractivity contribution in [2.45, 2.75) is 24.3 Å². The maximum Gasteiger partial charge on any atom is 0.243 e. The van der Waals surface area contributed by atoms with Crippen LogP contribution in [0.4, 0.5) is 5.69 Å². The van der Waals surface area contributed by atoms with Crippen molar-refractivity contribution in [3.63, 3.8) is 0 Å². The van der Waals surface area contributed by atoms with Crippen LogP contribution in [0, 0.1) is 5.92 Å². The maximum absolute atomic E-state index is 12.6. The number of carbonyl (C=O) groups is 1. The van der Waals surface area contributed by atoms with E-state index >= 15 is 0 Å². The molecular formula is C18H20N2O3S. The molecule has 24 heavy (non-hydrogen) atoms. The number of nitrogens with one attached hydrogen (secondary N) is 1. The average molecular weight is 344 g/mol. The minimum atomic E-state index is -3.57. The van der Waals surface area contributed by atoms with Gasteiger partial charge >= 0.3 is 0 Å². The molecule has 1 amide bonds. The number of amides is 1. The van der Waals surface area contributed by atoms with E-state index in [1.165, 1.54) is 16.4 Å². The number of nitrogens with zero attached hydrogens (tertiary/aromatic N) is 1. The first-order valence-corrected chi connectivity index (χ1v) is 9.32. The maximum atomic E-state index is 12.6. The second kappa shape index (κ2) is 6.75. The molecule has 5 nitrogen and oxygen atoms in total. The third-order valence-corrected chi connectivity index (χ3v) is 5.84. The number of carbonyl (C=O) groups excluding carboxylic acids is 1. The van der Waals surface area contributed by atoms with Gasteiger partial charge in [0.2, 0.25) is 15.9 Å². The summed E-state index contributed by atoms with van der Waals surface area (Å²) in [5.74, 6) is 0.122. The van der Waals surface area contributed by atoms with Crippen LogP contribution in [-0.4, -0.2) is 25.7 Å². The lowest BCUT2D eigenvalue weighted by Gasteiger charge is -2.17. The second-order valence-corrected chi connectivity index (χ2v) is 8.08. The van der Waals surface area contributed by atoms with E-state index in [1.54, 1.807) is 19.2 Å². The Morgan fingerprint density at radius 2 is 1.71 bits per heavy atom. The van der Waals surface area contributed by atoms with Gasteiger partial charge in [-0.1, -0.05) is 30.3 Å². The molecule has 1 aliphatic rings. The molecule has 0 bridgehead atoms. The summed E-state index contributed by atoms with van der Waals surface area (Å²) in [6, 6.07) is 15.8. The van der Waals surface area contributed by atoms with E-state index in [4.69, 9.17) is 0 Å². The molecule has 0 aliphatic heterocycles. The SMILES string of the molecule is CN(Cc1ccccc1)S(=O)(=O)c1ccc(NC(=O)C2CC2)cc1. The predicted molar refractivity (Wildman–Crippen MR) is 92.9 cm³/mol. The Morgan fingerprint density at radius 3 is 2.29 bits per heavy atom. The first kappa shape index (κ1) is 16.7. The summed E-state index contributed by atoms with van der Waals surface area (Å²) in [5.41, 5.74) is 1.55. The lowest BCUT2D eigenvalue weighted by molar-refractivity contribution is -0.117. The molecule has 0 unspecified atom stereocenters. The molecule has 1 N–H and O–H groups in total. The molecule has 0 spiro atoms. The summed E-state index contributed by atoms with van der Waals surface area (Å²) in [6.45, 7) is 0.309. The van der Waals surface area contributed by atoms with Crippen LogP contribution in [0.25, 0.3) is 0 Å². The normalized spacial score (nSPS) is 14.6. The molecular weight excluding hydrogens is 324 g/mol. The van der Waals surface area contributed by atoms with Gasteiger partial charge in [0.05, 0.1) is 4.90 Å². The fourth-order valence-corrected chi connectivity index (χ4v) is 3.56. The van der Waals surface area contributed by atoms with Gasteiger partial charge in [-0.15, -0.1) is 0 Å². The number of hydrogen-bond donors (Lipinski definition) is 1. The van der Waals surface area contributed by atoms with Gasteiger partial charge in [0.15, 0.2) is 0 Å². The Balaban J connectivity index is 1.70. The van der Waals surface area contributed by atoms with Crippen molar-refractivity contribution < 1.29 is 13.2 Å². The number of sulfonamides is 1. The van der Waals surface area contributed by atoms with Crippen LogP contribution in [-0.2, 0) is 21.4 Å². The van der Waals surface area contributed by atoms with Crippen molar-refractivity contribution in [3.8, 4) is 0 Å². The summed E-state index contributed by atoms with van der Waals surface area (Å²) in [7, 11) is -2.01. The van der Waals surface area contributed by atoms with Gasteiger partial charge in [0, 0.05) is 25.2 Å². The first-order valence-electron chi connectivity index (χ1n) is 7.88. The molecule has 0 atom stereocenters. The minimum absolute atomic E-state index is 0.00630. The Morgan fingerprint density at radius 1 is 1.08 bits per heavy atom. The van der Waals surface area contributed by atoms with Crippen LogP contribution >= 0.6 is 0 Å². The molecule has 3 rings (SSSR count). The van der Waals surface area contributed by atoms with E-state index in [9.17, 15) is 13.2 Å². The third-order valence-electron chi connectivity index (χ3n) is 4.03. The largest absolute Gasteiger partial charge is 0.326 e. The molecule has 1 aliphatic carbocycles. The van der Waals surface area contributed by atoms with Gasteiger partial charge in [-0.2, -0.15) is 4.31 Å². The van der Waals surface area contributed by atoms with E-state index in [2.05, 4.69) is 5.32 Å². The summed E-state index contributed by atoms with van der Waals surface area (Å²) < 4.78 is 26.6. The molecule has 1 fully saturated rings. The molecule has 0 aromatic heterocycles. The first-order chi connectivity index (χ1) is 11.5. The molecule has 6 heteroatoms. The summed E-state index contributed by atoms with van der Waals surface area (Å²) in [6.07, 6.45) is 1.87. The van der Waals surface area contributed by atoms with Crippen molar-refractivity contribution in [2.24, 2.45) is 5.92 Å². The topological polar surface area (TPSA) is 66.5 Å². The number of rotatable bonds is 6. The van der Waals surface area contributed by atoms with Crippen LogP contribution in [0.3, 0.4) is 0 Å². The lowest BCUT2D eigenvalue weighted by atomic mass is 10.2. The van der Waals surface area contributed by atoms with Crippen LogP contribution in [0.1, 0.15) is 18.4 Å². The third kappa shape index (κ3) is 3.83. The van der Waals surface area contributed by atoms with E-state index in [1.807, 2.05) is 30.3 Å². The van der Waals surface area contributed by atoms with Gasteiger partial charge < -0.3 is 5.32 Å². The van der Waals surface area contributed by atoms with Crippen molar-refractivity contribution in [2.75, 3.05) is 12.4 Å². The van der Waals surface area contributed by atoms with E-state index in [-0.39, 0.29) is 16.7 Å². The quantitative estimate of drug-likeness (QED) is 0.876. The molecule has 0 radical (unpaired) electrons. The van der Waals surface area contributed by atoms with Crippen molar-refractivity contribution >= 4 is 21.6 Å². The van der Waals surface area contributed by atoms with E-state index in [0.29, 0.717) is 12.2 Å². The van der Waals surface area contributed by atoms with Crippen molar-refractivity contribution in [1.29, 1.82) is 0 Å². The predicted octanol–water partition coefficient (Wildman–Crippen LogP) is 2.86. The van der Waals surface area contributed by atoms with E-state index in [0.717, 1.165) is 18.4 Å². The van der Waals surface area contributed by atoms with Crippen LogP contribution in [0.15, 0.2) is 59.5 Å². The zero-order chi connectivity index (χ0) is 17.2. The highest BCUT2D eigenvalue weighted by Crippen LogP contribution is 2.30. The zero-order valence-corrected chi connectivity index (χ0v) is 14.3. The Bertz CT molecular complexity index is 813. The summed E-state index contributed by atoms with van der Waals surface area (Å²) >= 11 is 0. The lowest BCUT2D eigenvalue weighted by Crippen LogP contribution is -2.26. The Kier molecular flexibility index (Phi) is 4.69. The van der Waals surface area contributed by atoms with Crippen LogP contribution in [0.5, 0.6) is 0 Å². The number of anilines is 1. The molecule has 0 saturated heterocycles. The number of benzene rings is 2. The average Bonchev–Trinajstić information content (AvgIpc) is 3.41. The Labute approximate surface area is 142 Å². The molecule has 1 saturated carbocycles. The van der Waals surface area contributed by atoms with Gasteiger partial charge in [0.25, 0.3) is 0 Å². The van der Waals surface area contributed by atoms with E-state index < -0.39 is 10.0 Å². The standard InChI is InChI=1S/C18H20N2O3S/c1-20(13-14-5-3-2-4-6-14)24(22,23)17-11-9-16(10-12-17)19-18(21)15-7-8-15/h2-6,9-12,15H,7-8,13H2,1H3,(H,19,21). The summed E-state index contributed by atoms with van der Waals surface area (Å²) in [5, 5.41) is 2.80.